The van der Waals surface area contributed by atoms with Crippen LogP contribution in [0.4, 0.5) is 4.39 Å². The van der Waals surface area contributed by atoms with E-state index in [2.05, 4.69) is 5.16 Å². The van der Waals surface area contributed by atoms with E-state index in [1.807, 2.05) is 32.7 Å². The molecule has 2 unspecified atom stereocenters. The van der Waals surface area contributed by atoms with Crippen molar-refractivity contribution in [2.45, 2.75) is 45.0 Å². The molecule has 24 heavy (non-hydrogen) atoms. The minimum absolute atomic E-state index is 0.0641. The van der Waals surface area contributed by atoms with Gasteiger partial charge in [0, 0.05) is 19.5 Å². The third-order valence-corrected chi connectivity index (χ3v) is 3.66. The molecule has 1 aliphatic rings. The molecule has 1 N–H and O–H groups in total. The molecule has 0 spiro atoms. The standard InChI is InChI=1S/C18H27FN2O3/c1-18(2,3)23-12-15(22)10-21(4)11-16-9-17(20-24-16)13-5-7-14(19)8-6-13/h5-8,15-16,22H,9-12H2,1-4H3. The molecular weight excluding hydrogens is 311 g/mol. The monoisotopic (exact) mass is 338 g/mol. The second kappa shape index (κ2) is 8.05. The fourth-order valence-corrected chi connectivity index (χ4v) is 2.52. The Morgan fingerprint density at radius 1 is 1.38 bits per heavy atom. The fourth-order valence-electron chi connectivity index (χ4n) is 2.52. The first-order valence-corrected chi connectivity index (χ1v) is 8.22. The number of aliphatic hydroxyl groups is 1. The lowest BCUT2D eigenvalue weighted by Crippen LogP contribution is -2.38. The van der Waals surface area contributed by atoms with Crippen molar-refractivity contribution in [2.24, 2.45) is 5.16 Å². The normalized spacial score (nSPS) is 19.3. The van der Waals surface area contributed by atoms with Gasteiger partial charge in [-0.1, -0.05) is 17.3 Å². The predicted octanol–water partition coefficient (Wildman–Crippen LogP) is 2.43. The second-order valence-corrected chi connectivity index (χ2v) is 7.27. The highest BCUT2D eigenvalue weighted by Gasteiger charge is 2.24. The summed E-state index contributed by atoms with van der Waals surface area (Å²) in [7, 11) is 1.93. The number of hydrogen-bond acceptors (Lipinski definition) is 5. The molecule has 1 aliphatic heterocycles. The Hall–Kier alpha value is -1.50. The van der Waals surface area contributed by atoms with Crippen molar-refractivity contribution >= 4 is 5.71 Å². The van der Waals surface area contributed by atoms with Gasteiger partial charge in [0.05, 0.1) is 24.0 Å². The summed E-state index contributed by atoms with van der Waals surface area (Å²) in [5.41, 5.74) is 1.44. The zero-order valence-corrected chi connectivity index (χ0v) is 14.8. The van der Waals surface area contributed by atoms with Crippen LogP contribution in [0.25, 0.3) is 0 Å². The molecule has 6 heteroatoms. The maximum atomic E-state index is 13.0. The van der Waals surface area contributed by atoms with Gasteiger partial charge >= 0.3 is 0 Å². The molecule has 0 saturated carbocycles. The highest BCUT2D eigenvalue weighted by molar-refractivity contribution is 6.01. The van der Waals surface area contributed by atoms with Crippen LogP contribution >= 0.6 is 0 Å². The molecule has 0 bridgehead atoms. The summed E-state index contributed by atoms with van der Waals surface area (Å²) in [4.78, 5) is 7.46. The van der Waals surface area contributed by atoms with Gasteiger partial charge in [-0.2, -0.15) is 0 Å². The number of nitrogens with zero attached hydrogens (tertiary/aromatic N) is 2. The summed E-state index contributed by atoms with van der Waals surface area (Å²) in [6.07, 6.45) is 0.0591. The van der Waals surface area contributed by atoms with E-state index in [9.17, 15) is 9.50 Å². The Morgan fingerprint density at radius 2 is 2.04 bits per heavy atom. The van der Waals surface area contributed by atoms with E-state index in [1.54, 1.807) is 12.1 Å². The van der Waals surface area contributed by atoms with Gasteiger partial charge in [0.2, 0.25) is 0 Å². The van der Waals surface area contributed by atoms with Gasteiger partial charge in [-0.3, -0.25) is 4.90 Å². The summed E-state index contributed by atoms with van der Waals surface area (Å²) in [5.74, 6) is -0.263. The van der Waals surface area contributed by atoms with E-state index in [0.717, 1.165) is 11.3 Å². The van der Waals surface area contributed by atoms with Crippen molar-refractivity contribution < 1.29 is 19.1 Å². The number of halogens is 1. The van der Waals surface area contributed by atoms with Crippen LogP contribution in [-0.2, 0) is 9.57 Å². The predicted molar refractivity (Wildman–Crippen MR) is 91.6 cm³/mol. The largest absolute Gasteiger partial charge is 0.390 e. The average molecular weight is 338 g/mol. The van der Waals surface area contributed by atoms with Gasteiger partial charge in [0.15, 0.2) is 0 Å². The molecule has 0 fully saturated rings. The van der Waals surface area contributed by atoms with Crippen molar-refractivity contribution in [2.75, 3.05) is 26.7 Å². The van der Waals surface area contributed by atoms with E-state index in [-0.39, 0.29) is 17.5 Å². The lowest BCUT2D eigenvalue weighted by molar-refractivity contribution is -0.0572. The number of aliphatic hydroxyl groups excluding tert-OH is 1. The third-order valence-electron chi connectivity index (χ3n) is 3.66. The van der Waals surface area contributed by atoms with Gasteiger partial charge < -0.3 is 14.7 Å². The minimum Gasteiger partial charge on any atom is -0.390 e. The molecule has 1 aromatic rings. The Bertz CT molecular complexity index is 554. The lowest BCUT2D eigenvalue weighted by atomic mass is 10.0. The number of oxime groups is 1. The molecule has 2 rings (SSSR count). The maximum absolute atomic E-state index is 13.0. The second-order valence-electron chi connectivity index (χ2n) is 7.27. The molecule has 5 nitrogen and oxygen atoms in total. The van der Waals surface area contributed by atoms with E-state index >= 15 is 0 Å². The van der Waals surface area contributed by atoms with Crippen molar-refractivity contribution in [3.63, 3.8) is 0 Å². The zero-order chi connectivity index (χ0) is 17.7. The molecule has 0 radical (unpaired) electrons. The van der Waals surface area contributed by atoms with E-state index in [0.29, 0.717) is 26.1 Å². The molecular formula is C18H27FN2O3. The average Bonchev–Trinajstić information content (AvgIpc) is 2.93. The van der Waals surface area contributed by atoms with Gasteiger partial charge in [0.1, 0.15) is 11.9 Å². The Morgan fingerprint density at radius 3 is 2.67 bits per heavy atom. The zero-order valence-electron chi connectivity index (χ0n) is 14.8. The van der Waals surface area contributed by atoms with Gasteiger partial charge in [-0.15, -0.1) is 0 Å². The first kappa shape index (κ1) is 18.8. The van der Waals surface area contributed by atoms with E-state index in [1.165, 1.54) is 12.1 Å². The Kier molecular flexibility index (Phi) is 6.32. The Balaban J connectivity index is 1.74. The smallest absolute Gasteiger partial charge is 0.145 e. The number of hydrogen-bond donors (Lipinski definition) is 1. The van der Waals surface area contributed by atoms with Crippen LogP contribution in [0.5, 0.6) is 0 Å². The summed E-state index contributed by atoms with van der Waals surface area (Å²) in [6.45, 7) is 7.34. The van der Waals surface area contributed by atoms with Crippen molar-refractivity contribution in [3.8, 4) is 0 Å². The molecule has 1 aromatic carbocycles. The van der Waals surface area contributed by atoms with Gasteiger partial charge in [-0.25, -0.2) is 4.39 Å². The van der Waals surface area contributed by atoms with Crippen LogP contribution in [0.1, 0.15) is 32.8 Å². The molecule has 0 aromatic heterocycles. The minimum atomic E-state index is -0.548. The van der Waals surface area contributed by atoms with Crippen LogP contribution in [0, 0.1) is 5.82 Å². The number of likely N-dealkylation sites (N-methyl/N-ethyl adjacent to an activating group) is 1. The van der Waals surface area contributed by atoms with Crippen LogP contribution < -0.4 is 0 Å². The van der Waals surface area contributed by atoms with Crippen LogP contribution in [0.15, 0.2) is 29.4 Å². The van der Waals surface area contributed by atoms with E-state index < -0.39 is 6.10 Å². The fraction of sp³-hybridized carbons (Fsp3) is 0.611. The molecule has 0 amide bonds. The van der Waals surface area contributed by atoms with Crippen molar-refractivity contribution in [3.05, 3.63) is 35.6 Å². The van der Waals surface area contributed by atoms with Crippen LogP contribution in [0.3, 0.4) is 0 Å². The quantitative estimate of drug-likeness (QED) is 0.830. The summed E-state index contributed by atoms with van der Waals surface area (Å²) in [5, 5.41) is 14.1. The first-order valence-electron chi connectivity index (χ1n) is 8.22. The summed E-state index contributed by atoms with van der Waals surface area (Å²) < 4.78 is 18.6. The number of ether oxygens (including phenoxy) is 1. The highest BCUT2D eigenvalue weighted by atomic mass is 19.1. The topological polar surface area (TPSA) is 54.3 Å². The molecule has 2 atom stereocenters. The SMILES string of the molecule is CN(CC(O)COC(C)(C)C)CC1CC(c2ccc(F)cc2)=NO1. The number of benzene rings is 1. The van der Waals surface area contributed by atoms with Gasteiger partial charge in [0.25, 0.3) is 0 Å². The first-order chi connectivity index (χ1) is 11.2. The molecule has 0 saturated heterocycles. The summed E-state index contributed by atoms with van der Waals surface area (Å²) >= 11 is 0. The van der Waals surface area contributed by atoms with E-state index in [4.69, 9.17) is 9.57 Å². The maximum Gasteiger partial charge on any atom is 0.145 e. The molecule has 0 aliphatic carbocycles. The highest BCUT2D eigenvalue weighted by Crippen LogP contribution is 2.18. The number of rotatable bonds is 7. The third kappa shape index (κ3) is 6.19. The molecule has 134 valence electrons. The van der Waals surface area contributed by atoms with Crippen molar-refractivity contribution in [1.82, 2.24) is 4.90 Å². The lowest BCUT2D eigenvalue weighted by Gasteiger charge is -2.25. The summed E-state index contributed by atoms with van der Waals surface area (Å²) in [6, 6.07) is 6.25. The Labute approximate surface area is 143 Å². The molecule has 1 heterocycles. The van der Waals surface area contributed by atoms with Crippen LogP contribution in [0.2, 0.25) is 0 Å². The van der Waals surface area contributed by atoms with Crippen LogP contribution in [-0.4, -0.2) is 60.3 Å². The van der Waals surface area contributed by atoms with Crippen molar-refractivity contribution in [1.29, 1.82) is 0 Å². The van der Waals surface area contributed by atoms with Gasteiger partial charge in [-0.05, 0) is 45.5 Å².